The van der Waals surface area contributed by atoms with Crippen LogP contribution in [0, 0.1) is 0 Å². The van der Waals surface area contributed by atoms with Crippen LogP contribution in [0.1, 0.15) is 0 Å². The highest BCUT2D eigenvalue weighted by molar-refractivity contribution is 6.34. The average Bonchev–Trinajstić information content (AvgIpc) is 2.35. The number of hydrogen-bond donors (Lipinski definition) is 0. The van der Waals surface area contributed by atoms with Gasteiger partial charge in [0.15, 0.2) is 5.65 Å². The average molecular weight is 169 g/mol. The van der Waals surface area contributed by atoms with Crippen molar-refractivity contribution in [2.75, 3.05) is 0 Å². The fourth-order valence-corrected chi connectivity index (χ4v) is 1.10. The highest BCUT2D eigenvalue weighted by Crippen LogP contribution is 2.18. The van der Waals surface area contributed by atoms with Gasteiger partial charge in [0, 0.05) is 7.05 Å². The minimum atomic E-state index is 0.586. The van der Waals surface area contributed by atoms with Gasteiger partial charge in [-0.1, -0.05) is 11.6 Å². The Kier molecular flexibility index (Phi) is 1.29. The summed E-state index contributed by atoms with van der Waals surface area (Å²) in [6.07, 6.45) is 3.18. The topological polar surface area (TPSA) is 43.6 Å². The number of nitrogens with zero attached hydrogens (tertiary/aromatic N) is 4. The van der Waals surface area contributed by atoms with Crippen LogP contribution in [0.2, 0.25) is 5.02 Å². The number of aromatic nitrogens is 4. The van der Waals surface area contributed by atoms with Gasteiger partial charge in [0.25, 0.3) is 0 Å². The second kappa shape index (κ2) is 2.17. The smallest absolute Gasteiger partial charge is 0.181 e. The zero-order valence-electron chi connectivity index (χ0n) is 5.82. The molecule has 11 heavy (non-hydrogen) atoms. The highest BCUT2D eigenvalue weighted by Gasteiger charge is 2.03. The Labute approximate surface area is 67.8 Å². The van der Waals surface area contributed by atoms with Crippen molar-refractivity contribution in [1.29, 1.82) is 0 Å². The van der Waals surface area contributed by atoms with Crippen molar-refractivity contribution in [2.24, 2.45) is 7.05 Å². The zero-order valence-corrected chi connectivity index (χ0v) is 6.58. The molecule has 0 aliphatic rings. The summed E-state index contributed by atoms with van der Waals surface area (Å²) >= 11 is 5.81. The van der Waals surface area contributed by atoms with Gasteiger partial charge in [0.05, 0.1) is 22.8 Å². The molecule has 0 amide bonds. The van der Waals surface area contributed by atoms with Crippen LogP contribution in [-0.4, -0.2) is 20.0 Å². The van der Waals surface area contributed by atoms with E-state index in [0.717, 1.165) is 5.39 Å². The second-order valence-corrected chi connectivity index (χ2v) is 2.61. The predicted molar refractivity (Wildman–Crippen MR) is 41.3 cm³/mol. The highest BCUT2D eigenvalue weighted by atomic mass is 35.5. The van der Waals surface area contributed by atoms with E-state index in [1.165, 1.54) is 6.20 Å². The van der Waals surface area contributed by atoms with Gasteiger partial charge in [-0.2, -0.15) is 10.2 Å². The third kappa shape index (κ3) is 0.867. The first-order valence-corrected chi connectivity index (χ1v) is 3.46. The van der Waals surface area contributed by atoms with Gasteiger partial charge in [0.1, 0.15) is 0 Å². The van der Waals surface area contributed by atoms with Crippen LogP contribution in [0.4, 0.5) is 0 Å². The number of rotatable bonds is 0. The van der Waals surface area contributed by atoms with E-state index in [-0.39, 0.29) is 0 Å². The van der Waals surface area contributed by atoms with E-state index >= 15 is 0 Å². The molecule has 5 heteroatoms. The Hall–Kier alpha value is -1.16. The molecule has 0 saturated carbocycles. The molecule has 0 saturated heterocycles. The van der Waals surface area contributed by atoms with E-state index in [2.05, 4.69) is 15.3 Å². The lowest BCUT2D eigenvalue weighted by Crippen LogP contribution is -1.92. The molecule has 0 spiro atoms. The van der Waals surface area contributed by atoms with Crippen molar-refractivity contribution in [3.8, 4) is 0 Å². The van der Waals surface area contributed by atoms with Crippen LogP contribution in [0.25, 0.3) is 11.0 Å². The molecule has 0 fully saturated rings. The minimum Gasteiger partial charge on any atom is -0.249 e. The molecule has 0 aliphatic heterocycles. The fraction of sp³-hybridized carbons (Fsp3) is 0.167. The molecular formula is C6H5ClN4. The molecule has 0 aromatic carbocycles. The van der Waals surface area contributed by atoms with E-state index in [1.807, 2.05) is 0 Å². The van der Waals surface area contributed by atoms with Crippen molar-refractivity contribution in [1.82, 2.24) is 20.0 Å². The van der Waals surface area contributed by atoms with Gasteiger partial charge in [-0.25, -0.2) is 4.68 Å². The van der Waals surface area contributed by atoms with Crippen LogP contribution < -0.4 is 0 Å². The first-order valence-electron chi connectivity index (χ1n) is 3.08. The maximum atomic E-state index is 5.81. The third-order valence-corrected chi connectivity index (χ3v) is 1.79. The van der Waals surface area contributed by atoms with E-state index in [9.17, 15) is 0 Å². The zero-order chi connectivity index (χ0) is 7.84. The Balaban J connectivity index is 2.94. The lowest BCUT2D eigenvalue weighted by Gasteiger charge is -1.91. The van der Waals surface area contributed by atoms with Crippen molar-refractivity contribution in [3.63, 3.8) is 0 Å². The van der Waals surface area contributed by atoms with Gasteiger partial charge in [-0.15, -0.1) is 5.10 Å². The maximum Gasteiger partial charge on any atom is 0.181 e. The predicted octanol–water partition coefficient (Wildman–Crippen LogP) is 1.02. The van der Waals surface area contributed by atoms with E-state index in [0.29, 0.717) is 10.7 Å². The number of aryl methyl sites for hydroxylation is 1. The normalized spacial score (nSPS) is 10.7. The molecule has 2 heterocycles. The second-order valence-electron chi connectivity index (χ2n) is 2.20. The Morgan fingerprint density at radius 3 is 3.00 bits per heavy atom. The summed E-state index contributed by atoms with van der Waals surface area (Å²) in [4.78, 5) is 0. The molecule has 2 aromatic rings. The number of fused-ring (bicyclic) bond motifs is 1. The summed E-state index contributed by atoms with van der Waals surface area (Å²) in [5, 5.41) is 13.0. The van der Waals surface area contributed by atoms with Crippen LogP contribution in [0.5, 0.6) is 0 Å². The summed E-state index contributed by atoms with van der Waals surface area (Å²) in [6, 6.07) is 0. The Morgan fingerprint density at radius 1 is 1.45 bits per heavy atom. The standard InChI is InChI=1S/C6H5ClN4/c1-11-6-4(2-9-11)5(7)3-8-10-6/h2-3H,1H3. The van der Waals surface area contributed by atoms with Gasteiger partial charge < -0.3 is 0 Å². The SMILES string of the molecule is Cn1ncc2c(Cl)cnnc21. The van der Waals surface area contributed by atoms with Crippen molar-refractivity contribution >= 4 is 22.6 Å². The lowest BCUT2D eigenvalue weighted by atomic mass is 10.4. The molecule has 0 aliphatic carbocycles. The van der Waals surface area contributed by atoms with Crippen molar-refractivity contribution in [2.45, 2.75) is 0 Å². The van der Waals surface area contributed by atoms with Crippen LogP contribution in [0.15, 0.2) is 12.4 Å². The van der Waals surface area contributed by atoms with E-state index in [4.69, 9.17) is 11.6 Å². The van der Waals surface area contributed by atoms with Gasteiger partial charge in [-0.3, -0.25) is 0 Å². The summed E-state index contributed by atoms with van der Waals surface area (Å²) in [5.41, 5.74) is 0.706. The summed E-state index contributed by atoms with van der Waals surface area (Å²) in [7, 11) is 1.80. The van der Waals surface area contributed by atoms with Crippen LogP contribution >= 0.6 is 11.6 Å². The fourth-order valence-electron chi connectivity index (χ4n) is 0.922. The largest absolute Gasteiger partial charge is 0.249 e. The first-order chi connectivity index (χ1) is 5.29. The molecule has 0 unspecified atom stereocenters. The van der Waals surface area contributed by atoms with Crippen LogP contribution in [-0.2, 0) is 7.05 Å². The summed E-state index contributed by atoms with van der Waals surface area (Å²) < 4.78 is 1.63. The van der Waals surface area contributed by atoms with Gasteiger partial charge in [0.2, 0.25) is 0 Å². The number of halogens is 1. The minimum absolute atomic E-state index is 0.586. The molecule has 2 aromatic heterocycles. The van der Waals surface area contributed by atoms with Crippen molar-refractivity contribution in [3.05, 3.63) is 17.4 Å². The molecule has 0 N–H and O–H groups in total. The maximum absolute atomic E-state index is 5.81. The van der Waals surface area contributed by atoms with Gasteiger partial charge >= 0.3 is 0 Å². The first kappa shape index (κ1) is 6.54. The molecule has 0 radical (unpaired) electrons. The Morgan fingerprint density at radius 2 is 2.27 bits per heavy atom. The molecule has 4 nitrogen and oxygen atoms in total. The molecule has 56 valence electrons. The monoisotopic (exact) mass is 168 g/mol. The molecular weight excluding hydrogens is 164 g/mol. The summed E-state index contributed by atoms with van der Waals surface area (Å²) in [5.74, 6) is 0. The quantitative estimate of drug-likeness (QED) is 0.590. The van der Waals surface area contributed by atoms with Crippen LogP contribution in [0.3, 0.4) is 0 Å². The Bertz CT molecular complexity index is 394. The number of hydrogen-bond acceptors (Lipinski definition) is 3. The van der Waals surface area contributed by atoms with Gasteiger partial charge in [-0.05, 0) is 0 Å². The molecule has 2 rings (SSSR count). The lowest BCUT2D eigenvalue weighted by molar-refractivity contribution is 0.777. The molecule has 0 atom stereocenters. The van der Waals surface area contributed by atoms with E-state index in [1.54, 1.807) is 17.9 Å². The summed E-state index contributed by atoms with van der Waals surface area (Å²) in [6.45, 7) is 0. The van der Waals surface area contributed by atoms with E-state index < -0.39 is 0 Å². The molecule has 0 bridgehead atoms. The third-order valence-electron chi connectivity index (χ3n) is 1.49. The van der Waals surface area contributed by atoms with Crippen molar-refractivity contribution < 1.29 is 0 Å².